The lowest BCUT2D eigenvalue weighted by Gasteiger charge is -2.07. The van der Waals surface area contributed by atoms with Crippen LogP contribution in [0.25, 0.3) is 0 Å². The summed E-state index contributed by atoms with van der Waals surface area (Å²) in [5.41, 5.74) is 16.4. The van der Waals surface area contributed by atoms with Crippen LogP contribution in [0, 0.1) is 0 Å². The van der Waals surface area contributed by atoms with Gasteiger partial charge >= 0.3 is 0 Å². The molecule has 0 atom stereocenters. The molecule has 1 rings (SSSR count). The van der Waals surface area contributed by atoms with Gasteiger partial charge in [0.05, 0.1) is 0 Å². The summed E-state index contributed by atoms with van der Waals surface area (Å²) in [4.78, 5) is 19.4. The van der Waals surface area contributed by atoms with Crippen LogP contribution in [-0.2, 0) is 0 Å². The van der Waals surface area contributed by atoms with E-state index in [1.807, 2.05) is 0 Å². The Labute approximate surface area is 116 Å². The van der Waals surface area contributed by atoms with Crippen LogP contribution in [0.5, 0.6) is 0 Å². The van der Waals surface area contributed by atoms with Gasteiger partial charge in [0.1, 0.15) is 0 Å². The van der Waals surface area contributed by atoms with Crippen LogP contribution in [0.1, 0.15) is 36.2 Å². The summed E-state index contributed by atoms with van der Waals surface area (Å²) in [7, 11) is 0. The summed E-state index contributed by atoms with van der Waals surface area (Å²) in [5.74, 6) is -0.411. The van der Waals surface area contributed by atoms with E-state index in [-0.39, 0.29) is 22.5 Å². The molecule has 19 heavy (non-hydrogen) atoms. The van der Waals surface area contributed by atoms with Gasteiger partial charge in [0, 0.05) is 6.54 Å². The Morgan fingerprint density at radius 1 is 1.11 bits per heavy atom. The van der Waals surface area contributed by atoms with Gasteiger partial charge in [0.15, 0.2) is 22.5 Å². The fourth-order valence-corrected chi connectivity index (χ4v) is 1.64. The van der Waals surface area contributed by atoms with Gasteiger partial charge in [0.2, 0.25) is 0 Å². The van der Waals surface area contributed by atoms with E-state index in [4.69, 9.17) is 28.8 Å². The fraction of sp³-hybridized carbons (Fsp3) is 0.545. The number of aromatic nitrogens is 2. The number of carbonyl (C=O) groups excluding carboxylic acids is 1. The third-order valence-electron chi connectivity index (χ3n) is 2.54. The maximum absolute atomic E-state index is 11.8. The molecule has 0 saturated carbocycles. The second-order valence-corrected chi connectivity index (χ2v) is 4.45. The number of hydrogen-bond acceptors (Lipinski definition) is 6. The molecule has 1 heterocycles. The minimum Gasteiger partial charge on any atom is -0.382 e. The quantitative estimate of drug-likeness (QED) is 0.541. The third kappa shape index (κ3) is 4.88. The molecule has 0 bridgehead atoms. The minimum atomic E-state index is -0.397. The van der Waals surface area contributed by atoms with Crippen molar-refractivity contribution in [1.82, 2.24) is 15.3 Å². The highest BCUT2D eigenvalue weighted by Crippen LogP contribution is 2.17. The molecule has 1 amide bonds. The number of nitrogens with two attached hydrogens (primary N) is 3. The molecule has 8 heteroatoms. The lowest BCUT2D eigenvalue weighted by atomic mass is 10.2. The monoisotopic (exact) mass is 286 g/mol. The predicted octanol–water partition coefficient (Wildman–Crippen LogP) is 0.543. The number of rotatable bonds is 7. The molecule has 0 spiro atoms. The number of hydrogen-bond donors (Lipinski definition) is 4. The van der Waals surface area contributed by atoms with Gasteiger partial charge < -0.3 is 22.5 Å². The number of anilines is 2. The van der Waals surface area contributed by atoms with Gasteiger partial charge in [-0.1, -0.05) is 24.4 Å². The Balaban J connectivity index is 2.43. The molecule has 0 aliphatic heterocycles. The lowest BCUT2D eigenvalue weighted by molar-refractivity contribution is 0.0948. The number of halogens is 1. The molecule has 1 aromatic heterocycles. The van der Waals surface area contributed by atoms with Crippen LogP contribution >= 0.6 is 11.6 Å². The van der Waals surface area contributed by atoms with Gasteiger partial charge in [-0.25, -0.2) is 9.97 Å². The highest BCUT2D eigenvalue weighted by atomic mass is 35.5. The first-order chi connectivity index (χ1) is 9.06. The van der Waals surface area contributed by atoms with Crippen LogP contribution in [0.15, 0.2) is 0 Å². The van der Waals surface area contributed by atoms with Crippen molar-refractivity contribution < 1.29 is 4.79 Å². The summed E-state index contributed by atoms with van der Waals surface area (Å²) in [5, 5.41) is 2.69. The molecule has 0 aromatic carbocycles. The smallest absolute Gasteiger partial charge is 0.273 e. The van der Waals surface area contributed by atoms with Crippen molar-refractivity contribution in [1.29, 1.82) is 0 Å². The summed E-state index contributed by atoms with van der Waals surface area (Å²) in [6.07, 6.45) is 3.95. The first kappa shape index (κ1) is 15.5. The van der Waals surface area contributed by atoms with E-state index in [2.05, 4.69) is 15.3 Å². The van der Waals surface area contributed by atoms with E-state index in [1.54, 1.807) is 0 Å². The molecule has 0 unspecified atom stereocenters. The van der Waals surface area contributed by atoms with Crippen LogP contribution in [0.4, 0.5) is 11.6 Å². The van der Waals surface area contributed by atoms with Crippen LogP contribution < -0.4 is 22.5 Å². The lowest BCUT2D eigenvalue weighted by Crippen LogP contribution is -2.27. The normalized spacial score (nSPS) is 10.4. The van der Waals surface area contributed by atoms with Crippen molar-refractivity contribution in [2.24, 2.45) is 5.73 Å². The molecule has 7 N–H and O–H groups in total. The SMILES string of the molecule is NCCCCCCNC(=O)c1nc(Cl)c(N)nc1N. The maximum Gasteiger partial charge on any atom is 0.273 e. The minimum absolute atomic E-state index is 0.00107. The summed E-state index contributed by atoms with van der Waals surface area (Å²) in [6.45, 7) is 1.24. The Hall–Kier alpha value is -1.60. The van der Waals surface area contributed by atoms with Crippen molar-refractivity contribution in [3.05, 3.63) is 10.8 Å². The van der Waals surface area contributed by atoms with Crippen molar-refractivity contribution in [2.75, 3.05) is 24.6 Å². The second kappa shape index (κ2) is 7.75. The zero-order valence-electron chi connectivity index (χ0n) is 10.7. The van der Waals surface area contributed by atoms with Gasteiger partial charge in [-0.05, 0) is 19.4 Å². The molecule has 0 radical (unpaired) electrons. The van der Waals surface area contributed by atoms with Crippen LogP contribution in [-0.4, -0.2) is 29.0 Å². The van der Waals surface area contributed by atoms with E-state index in [1.165, 1.54) is 0 Å². The Bertz CT molecular complexity index is 439. The zero-order valence-corrected chi connectivity index (χ0v) is 11.4. The van der Waals surface area contributed by atoms with Crippen LogP contribution in [0.2, 0.25) is 5.15 Å². The summed E-state index contributed by atoms with van der Waals surface area (Å²) < 4.78 is 0. The third-order valence-corrected chi connectivity index (χ3v) is 2.81. The topological polar surface area (TPSA) is 133 Å². The fourth-order valence-electron chi connectivity index (χ4n) is 1.52. The first-order valence-electron chi connectivity index (χ1n) is 6.13. The molecule has 0 fully saturated rings. The highest BCUT2D eigenvalue weighted by Gasteiger charge is 2.15. The predicted molar refractivity (Wildman–Crippen MR) is 75.7 cm³/mol. The number of carbonyl (C=O) groups is 1. The van der Waals surface area contributed by atoms with Gasteiger partial charge in [-0.2, -0.15) is 0 Å². The summed E-state index contributed by atoms with van der Waals surface area (Å²) >= 11 is 5.70. The first-order valence-corrected chi connectivity index (χ1v) is 6.50. The zero-order chi connectivity index (χ0) is 14.3. The van der Waals surface area contributed by atoms with Gasteiger partial charge in [0.25, 0.3) is 5.91 Å². The van der Waals surface area contributed by atoms with Crippen molar-refractivity contribution in [3.63, 3.8) is 0 Å². The average Bonchev–Trinajstić information content (AvgIpc) is 2.37. The molecule has 0 aliphatic rings. The standard InChI is InChI=1S/C11H19ClN6O/c12-8-10(15)18-9(14)7(17-8)11(19)16-6-4-2-1-3-5-13/h1-6,13H2,(H,16,19)(H4,14,15,18). The van der Waals surface area contributed by atoms with Crippen molar-refractivity contribution in [2.45, 2.75) is 25.7 Å². The van der Waals surface area contributed by atoms with Gasteiger partial charge in [-0.3, -0.25) is 4.79 Å². The second-order valence-electron chi connectivity index (χ2n) is 4.09. The van der Waals surface area contributed by atoms with E-state index in [9.17, 15) is 4.79 Å². The maximum atomic E-state index is 11.8. The van der Waals surface area contributed by atoms with E-state index < -0.39 is 5.91 Å². The molecular formula is C11H19ClN6O. The molecular weight excluding hydrogens is 268 g/mol. The molecule has 7 nitrogen and oxygen atoms in total. The number of unbranched alkanes of at least 4 members (excludes halogenated alkanes) is 3. The summed E-state index contributed by atoms with van der Waals surface area (Å²) in [6, 6.07) is 0. The Kier molecular flexibility index (Phi) is 6.31. The molecule has 0 aliphatic carbocycles. The van der Waals surface area contributed by atoms with E-state index in [0.717, 1.165) is 25.7 Å². The highest BCUT2D eigenvalue weighted by molar-refractivity contribution is 6.31. The number of nitrogens with one attached hydrogen (secondary N) is 1. The van der Waals surface area contributed by atoms with Crippen LogP contribution in [0.3, 0.4) is 0 Å². The van der Waals surface area contributed by atoms with E-state index in [0.29, 0.717) is 13.1 Å². The van der Waals surface area contributed by atoms with Gasteiger partial charge in [-0.15, -0.1) is 0 Å². The molecule has 1 aromatic rings. The largest absolute Gasteiger partial charge is 0.382 e. The number of nitrogen functional groups attached to an aromatic ring is 2. The van der Waals surface area contributed by atoms with E-state index >= 15 is 0 Å². The van der Waals surface area contributed by atoms with Crippen molar-refractivity contribution >= 4 is 29.1 Å². The average molecular weight is 287 g/mol. The molecule has 0 saturated heterocycles. The Morgan fingerprint density at radius 2 is 1.79 bits per heavy atom. The number of amides is 1. The number of nitrogens with zero attached hydrogens (tertiary/aromatic N) is 2. The molecule has 106 valence electrons. The Morgan fingerprint density at radius 3 is 2.47 bits per heavy atom. The van der Waals surface area contributed by atoms with Crippen molar-refractivity contribution in [3.8, 4) is 0 Å².